The minimum absolute atomic E-state index is 0.267. The molecule has 0 spiro atoms. The lowest BCUT2D eigenvalue weighted by atomic mass is 10.0. The number of benzene rings is 1. The zero-order valence-electron chi connectivity index (χ0n) is 9.49. The number of hydrogen-bond donors (Lipinski definition) is 1. The Morgan fingerprint density at radius 2 is 1.78 bits per heavy atom. The van der Waals surface area contributed by atoms with Crippen LogP contribution < -0.4 is 5.73 Å². The van der Waals surface area contributed by atoms with Crippen LogP contribution >= 0.6 is 0 Å². The third-order valence-corrected chi connectivity index (χ3v) is 2.51. The van der Waals surface area contributed by atoms with E-state index in [0.717, 1.165) is 12.1 Å². The summed E-state index contributed by atoms with van der Waals surface area (Å²) in [5, 5.41) is 7.52. The fraction of sp³-hybridized carbons (Fsp3) is 0.167. The van der Waals surface area contributed by atoms with Gasteiger partial charge in [-0.05, 0) is 36.8 Å². The average Bonchev–Trinajstić information content (AvgIpc) is 2.29. The topological polar surface area (TPSA) is 51.8 Å². The Morgan fingerprint density at radius 3 is 2.28 bits per heavy atom. The lowest BCUT2D eigenvalue weighted by Gasteiger charge is -2.10. The summed E-state index contributed by atoms with van der Waals surface area (Å²) in [7, 11) is 0. The van der Waals surface area contributed by atoms with Crippen molar-refractivity contribution in [3.05, 3.63) is 41.5 Å². The summed E-state index contributed by atoms with van der Waals surface area (Å²) in [4.78, 5) is 0. The number of hydrogen-bond acceptors (Lipinski definition) is 3. The number of halogens is 3. The Kier molecular flexibility index (Phi) is 2.94. The molecule has 0 amide bonds. The number of anilines is 1. The van der Waals surface area contributed by atoms with Gasteiger partial charge in [-0.1, -0.05) is 6.07 Å². The number of nitrogen functional groups attached to an aromatic ring is 1. The van der Waals surface area contributed by atoms with Crippen LogP contribution in [0.3, 0.4) is 0 Å². The van der Waals surface area contributed by atoms with E-state index in [1.54, 1.807) is 19.1 Å². The van der Waals surface area contributed by atoms with Crippen LogP contribution in [0.15, 0.2) is 30.3 Å². The number of nitrogens with two attached hydrogens (primary N) is 1. The molecule has 1 aromatic carbocycles. The third-order valence-electron chi connectivity index (χ3n) is 2.51. The molecule has 0 saturated carbocycles. The van der Waals surface area contributed by atoms with Crippen molar-refractivity contribution in [3.8, 4) is 11.3 Å². The van der Waals surface area contributed by atoms with Crippen molar-refractivity contribution in [1.29, 1.82) is 0 Å². The predicted molar refractivity (Wildman–Crippen MR) is 61.6 cm³/mol. The maximum atomic E-state index is 12.5. The minimum Gasteiger partial charge on any atom is -0.382 e. The summed E-state index contributed by atoms with van der Waals surface area (Å²) in [6.45, 7) is 1.60. The average molecular weight is 253 g/mol. The number of nitrogens with zero attached hydrogens (tertiary/aromatic N) is 2. The van der Waals surface area contributed by atoms with Crippen molar-refractivity contribution in [2.45, 2.75) is 13.1 Å². The molecule has 0 bridgehead atoms. The van der Waals surface area contributed by atoms with Gasteiger partial charge in [-0.15, -0.1) is 10.2 Å². The van der Waals surface area contributed by atoms with E-state index in [4.69, 9.17) is 5.73 Å². The molecule has 0 saturated heterocycles. The number of aromatic nitrogens is 2. The predicted octanol–water partition coefficient (Wildman–Crippen LogP) is 3.05. The van der Waals surface area contributed by atoms with Gasteiger partial charge in [0.2, 0.25) is 0 Å². The van der Waals surface area contributed by atoms with E-state index in [9.17, 15) is 13.2 Å². The van der Waals surface area contributed by atoms with Crippen molar-refractivity contribution in [2.75, 3.05) is 5.73 Å². The lowest BCUT2D eigenvalue weighted by Crippen LogP contribution is -2.05. The molecule has 3 nitrogen and oxygen atoms in total. The number of rotatable bonds is 1. The summed E-state index contributed by atoms with van der Waals surface area (Å²) >= 11 is 0. The van der Waals surface area contributed by atoms with Gasteiger partial charge in [-0.3, -0.25) is 0 Å². The third kappa shape index (κ3) is 2.42. The van der Waals surface area contributed by atoms with E-state index in [1.165, 1.54) is 6.07 Å². The van der Waals surface area contributed by atoms with Crippen molar-refractivity contribution >= 4 is 5.82 Å². The van der Waals surface area contributed by atoms with E-state index in [1.807, 2.05) is 0 Å². The zero-order valence-corrected chi connectivity index (χ0v) is 9.49. The quantitative estimate of drug-likeness (QED) is 0.849. The Bertz CT molecular complexity index is 562. The van der Waals surface area contributed by atoms with E-state index in [0.29, 0.717) is 16.8 Å². The first-order valence-corrected chi connectivity index (χ1v) is 5.15. The van der Waals surface area contributed by atoms with Crippen LogP contribution in [0.2, 0.25) is 0 Å². The molecule has 2 rings (SSSR count). The Morgan fingerprint density at radius 1 is 1.06 bits per heavy atom. The first-order valence-electron chi connectivity index (χ1n) is 5.15. The highest BCUT2D eigenvalue weighted by atomic mass is 19.4. The van der Waals surface area contributed by atoms with Gasteiger partial charge in [0, 0.05) is 5.56 Å². The lowest BCUT2D eigenvalue weighted by molar-refractivity contribution is -0.137. The molecule has 1 heterocycles. The highest BCUT2D eigenvalue weighted by Gasteiger charge is 2.30. The van der Waals surface area contributed by atoms with Crippen molar-refractivity contribution < 1.29 is 13.2 Å². The fourth-order valence-electron chi connectivity index (χ4n) is 1.61. The number of aryl methyl sites for hydroxylation is 1. The van der Waals surface area contributed by atoms with Crippen LogP contribution in [0, 0.1) is 6.92 Å². The van der Waals surface area contributed by atoms with Gasteiger partial charge in [-0.2, -0.15) is 13.2 Å². The summed E-state index contributed by atoms with van der Waals surface area (Å²) in [5.74, 6) is 0.267. The first-order chi connectivity index (χ1) is 8.38. The normalized spacial score (nSPS) is 11.6. The highest BCUT2D eigenvalue weighted by molar-refractivity contribution is 5.64. The molecular formula is C12H10F3N3. The molecule has 1 aromatic heterocycles. The molecule has 0 atom stereocenters. The monoisotopic (exact) mass is 253 g/mol. The summed E-state index contributed by atoms with van der Waals surface area (Å²) in [5.41, 5.74) is 6.32. The molecule has 2 aromatic rings. The van der Waals surface area contributed by atoms with Crippen molar-refractivity contribution in [3.63, 3.8) is 0 Å². The van der Waals surface area contributed by atoms with Gasteiger partial charge in [0.15, 0.2) is 0 Å². The molecule has 0 unspecified atom stereocenters. The summed E-state index contributed by atoms with van der Waals surface area (Å²) in [6, 6.07) is 6.68. The van der Waals surface area contributed by atoms with Gasteiger partial charge < -0.3 is 5.73 Å². The van der Waals surface area contributed by atoms with E-state index < -0.39 is 11.7 Å². The van der Waals surface area contributed by atoms with Gasteiger partial charge in [0.05, 0.1) is 11.3 Å². The van der Waals surface area contributed by atoms with Crippen LogP contribution in [-0.4, -0.2) is 10.2 Å². The second-order valence-electron chi connectivity index (χ2n) is 3.87. The maximum absolute atomic E-state index is 12.5. The van der Waals surface area contributed by atoms with E-state index in [-0.39, 0.29) is 5.82 Å². The second kappa shape index (κ2) is 4.29. The van der Waals surface area contributed by atoms with Crippen molar-refractivity contribution in [1.82, 2.24) is 10.2 Å². The van der Waals surface area contributed by atoms with E-state index in [2.05, 4.69) is 10.2 Å². The van der Waals surface area contributed by atoms with Gasteiger partial charge >= 0.3 is 6.18 Å². The molecule has 6 heteroatoms. The van der Waals surface area contributed by atoms with Crippen LogP contribution in [0.25, 0.3) is 11.3 Å². The van der Waals surface area contributed by atoms with Crippen LogP contribution in [-0.2, 0) is 6.18 Å². The molecule has 0 fully saturated rings. The van der Waals surface area contributed by atoms with E-state index >= 15 is 0 Å². The molecular weight excluding hydrogens is 243 g/mol. The first kappa shape index (κ1) is 12.3. The Labute approximate surface area is 101 Å². The fourth-order valence-corrected chi connectivity index (χ4v) is 1.61. The van der Waals surface area contributed by atoms with Crippen LogP contribution in [0.1, 0.15) is 11.1 Å². The smallest absolute Gasteiger partial charge is 0.382 e. The second-order valence-corrected chi connectivity index (χ2v) is 3.87. The highest BCUT2D eigenvalue weighted by Crippen LogP contribution is 2.32. The summed E-state index contributed by atoms with van der Waals surface area (Å²) in [6.07, 6.45) is -4.34. The van der Waals surface area contributed by atoms with Crippen LogP contribution in [0.4, 0.5) is 19.0 Å². The van der Waals surface area contributed by atoms with Crippen molar-refractivity contribution in [2.24, 2.45) is 0 Å². The molecule has 94 valence electrons. The molecule has 0 aliphatic carbocycles. The molecule has 18 heavy (non-hydrogen) atoms. The molecule has 0 aliphatic heterocycles. The molecule has 0 radical (unpaired) electrons. The number of alkyl halides is 3. The Balaban J connectivity index is 2.45. The van der Waals surface area contributed by atoms with Gasteiger partial charge in [0.25, 0.3) is 0 Å². The Hall–Kier alpha value is -2.11. The van der Waals surface area contributed by atoms with Gasteiger partial charge in [0.1, 0.15) is 5.82 Å². The zero-order chi connectivity index (χ0) is 13.3. The minimum atomic E-state index is -4.34. The SMILES string of the molecule is Cc1cc(C(F)(F)F)ccc1-c1ccc(N)nn1. The molecule has 0 aliphatic rings. The largest absolute Gasteiger partial charge is 0.416 e. The van der Waals surface area contributed by atoms with Gasteiger partial charge in [-0.25, -0.2) is 0 Å². The summed E-state index contributed by atoms with van der Waals surface area (Å²) < 4.78 is 37.5. The molecule has 2 N–H and O–H groups in total. The van der Waals surface area contributed by atoms with Crippen LogP contribution in [0.5, 0.6) is 0 Å². The standard InChI is InChI=1S/C12H10F3N3/c1-7-6-8(12(13,14)15)2-3-9(7)10-4-5-11(16)18-17-10/h2-6H,1H3,(H2,16,18). The maximum Gasteiger partial charge on any atom is 0.416 e.